The zero-order valence-corrected chi connectivity index (χ0v) is 18.3. The molecule has 1 saturated heterocycles. The van der Waals surface area contributed by atoms with Gasteiger partial charge in [0.15, 0.2) is 0 Å². The third kappa shape index (κ3) is 6.52. The number of benzene rings is 1. The van der Waals surface area contributed by atoms with Crippen molar-refractivity contribution in [1.29, 1.82) is 0 Å². The van der Waals surface area contributed by atoms with Crippen molar-refractivity contribution in [2.45, 2.75) is 32.2 Å². The zero-order chi connectivity index (χ0) is 23.8. The molecule has 1 aromatic carbocycles. The van der Waals surface area contributed by atoms with Gasteiger partial charge in [0.05, 0.1) is 18.4 Å². The van der Waals surface area contributed by atoms with E-state index < -0.39 is 23.8 Å². The Morgan fingerprint density at radius 3 is 2.76 bits per heavy atom. The standard InChI is InChI=1S/C23H27N5O5/c1-2-8-25-23(33)26-17-6-3-7-18(11-17)28-14-16(10-20(28)29)22(32)27-19(12-21(30)31)15-5-4-9-24-13-15/h3-7,9,11,13,16,19H,2,8,10,12,14H2,1H3,(H,27,32)(H,30,31)(H2,25,26,33). The van der Waals surface area contributed by atoms with E-state index in [9.17, 15) is 24.3 Å². The molecular weight excluding hydrogens is 426 g/mol. The van der Waals surface area contributed by atoms with E-state index in [0.717, 1.165) is 6.42 Å². The van der Waals surface area contributed by atoms with Gasteiger partial charge in [0.2, 0.25) is 11.8 Å². The highest BCUT2D eigenvalue weighted by Gasteiger charge is 2.36. The fourth-order valence-corrected chi connectivity index (χ4v) is 3.60. The number of anilines is 2. The average molecular weight is 453 g/mol. The lowest BCUT2D eigenvalue weighted by molar-refractivity contribution is -0.138. The molecule has 1 aliphatic rings. The number of carbonyl (C=O) groups is 4. The summed E-state index contributed by atoms with van der Waals surface area (Å²) in [5, 5.41) is 17.4. The van der Waals surface area contributed by atoms with Crippen LogP contribution in [-0.2, 0) is 14.4 Å². The van der Waals surface area contributed by atoms with Crippen LogP contribution in [0.3, 0.4) is 0 Å². The normalized spacial score (nSPS) is 16.2. The van der Waals surface area contributed by atoms with E-state index in [1.54, 1.807) is 42.6 Å². The number of hydrogen-bond donors (Lipinski definition) is 4. The third-order valence-electron chi connectivity index (χ3n) is 5.23. The molecule has 4 N–H and O–H groups in total. The molecule has 0 aliphatic carbocycles. The summed E-state index contributed by atoms with van der Waals surface area (Å²) in [6, 6.07) is 9.12. The average Bonchev–Trinajstić information content (AvgIpc) is 3.19. The Morgan fingerprint density at radius 1 is 1.24 bits per heavy atom. The molecule has 10 heteroatoms. The van der Waals surface area contributed by atoms with Gasteiger partial charge in [0, 0.05) is 43.3 Å². The molecule has 0 bridgehead atoms. The zero-order valence-electron chi connectivity index (χ0n) is 18.3. The maximum absolute atomic E-state index is 12.9. The van der Waals surface area contributed by atoms with Gasteiger partial charge >= 0.3 is 12.0 Å². The summed E-state index contributed by atoms with van der Waals surface area (Å²) in [5.74, 6) is -2.30. The van der Waals surface area contributed by atoms with Gasteiger partial charge in [-0.2, -0.15) is 0 Å². The number of urea groups is 1. The molecule has 2 unspecified atom stereocenters. The van der Waals surface area contributed by atoms with Gasteiger partial charge in [-0.3, -0.25) is 19.4 Å². The van der Waals surface area contributed by atoms with Crippen LogP contribution in [0.25, 0.3) is 0 Å². The second-order valence-corrected chi connectivity index (χ2v) is 7.78. The molecule has 1 fully saturated rings. The van der Waals surface area contributed by atoms with Crippen LogP contribution >= 0.6 is 0 Å². The first kappa shape index (κ1) is 23.7. The number of nitrogens with one attached hydrogen (secondary N) is 3. The van der Waals surface area contributed by atoms with Crippen LogP contribution in [-0.4, -0.2) is 47.0 Å². The number of amides is 4. The summed E-state index contributed by atoms with van der Waals surface area (Å²) in [4.78, 5) is 54.2. The molecule has 2 aromatic rings. The molecule has 1 aliphatic heterocycles. The molecular formula is C23H27N5O5. The molecule has 2 heterocycles. The van der Waals surface area contributed by atoms with Crippen LogP contribution in [0.1, 0.15) is 37.8 Å². The fraction of sp³-hybridized carbons (Fsp3) is 0.348. The second-order valence-electron chi connectivity index (χ2n) is 7.78. The molecule has 4 amide bonds. The minimum absolute atomic E-state index is 0.00725. The molecule has 33 heavy (non-hydrogen) atoms. The lowest BCUT2D eigenvalue weighted by Gasteiger charge is -2.20. The second kappa shape index (κ2) is 11.1. The highest BCUT2D eigenvalue weighted by molar-refractivity contribution is 6.01. The van der Waals surface area contributed by atoms with Crippen LogP contribution in [0.15, 0.2) is 48.8 Å². The first-order chi connectivity index (χ1) is 15.9. The van der Waals surface area contributed by atoms with Crippen molar-refractivity contribution in [3.05, 3.63) is 54.4 Å². The number of pyridine rings is 1. The van der Waals surface area contributed by atoms with Crippen LogP contribution < -0.4 is 20.9 Å². The Balaban J connectivity index is 1.67. The minimum atomic E-state index is -1.06. The highest BCUT2D eigenvalue weighted by Crippen LogP contribution is 2.28. The van der Waals surface area contributed by atoms with E-state index in [0.29, 0.717) is 23.5 Å². The Labute approximate surface area is 191 Å². The number of aromatic nitrogens is 1. The smallest absolute Gasteiger partial charge is 0.319 e. The van der Waals surface area contributed by atoms with Crippen molar-refractivity contribution in [3.63, 3.8) is 0 Å². The van der Waals surface area contributed by atoms with Gasteiger partial charge in [-0.25, -0.2) is 4.79 Å². The summed E-state index contributed by atoms with van der Waals surface area (Å²) in [6.45, 7) is 2.66. The van der Waals surface area contributed by atoms with Crippen LogP contribution in [0.2, 0.25) is 0 Å². The fourth-order valence-electron chi connectivity index (χ4n) is 3.60. The van der Waals surface area contributed by atoms with Gasteiger partial charge in [-0.15, -0.1) is 0 Å². The summed E-state index contributed by atoms with van der Waals surface area (Å²) in [7, 11) is 0. The number of nitrogens with zero attached hydrogens (tertiary/aromatic N) is 2. The number of rotatable bonds is 9. The topological polar surface area (TPSA) is 141 Å². The largest absolute Gasteiger partial charge is 0.481 e. The van der Waals surface area contributed by atoms with Gasteiger partial charge in [0.25, 0.3) is 0 Å². The van der Waals surface area contributed by atoms with Crippen molar-refractivity contribution in [2.24, 2.45) is 5.92 Å². The minimum Gasteiger partial charge on any atom is -0.481 e. The number of carbonyl (C=O) groups excluding carboxylic acids is 3. The van der Waals surface area contributed by atoms with Gasteiger partial charge in [-0.05, 0) is 36.2 Å². The Hall–Kier alpha value is -3.95. The Morgan fingerprint density at radius 2 is 2.06 bits per heavy atom. The van der Waals surface area contributed by atoms with Gasteiger partial charge in [0.1, 0.15) is 0 Å². The quantitative estimate of drug-likeness (QED) is 0.459. The van der Waals surface area contributed by atoms with E-state index in [4.69, 9.17) is 0 Å². The third-order valence-corrected chi connectivity index (χ3v) is 5.23. The molecule has 3 rings (SSSR count). The van der Waals surface area contributed by atoms with Crippen LogP contribution in [0.4, 0.5) is 16.2 Å². The van der Waals surface area contributed by atoms with Crippen molar-refractivity contribution in [1.82, 2.24) is 15.6 Å². The molecule has 10 nitrogen and oxygen atoms in total. The summed E-state index contributed by atoms with van der Waals surface area (Å²) in [6.07, 6.45) is 3.60. The van der Waals surface area contributed by atoms with Crippen molar-refractivity contribution in [3.8, 4) is 0 Å². The molecule has 0 radical (unpaired) electrons. The summed E-state index contributed by atoms with van der Waals surface area (Å²) in [5.41, 5.74) is 1.67. The van der Waals surface area contributed by atoms with Crippen molar-refractivity contribution < 1.29 is 24.3 Å². The number of aliphatic carboxylic acids is 1. The molecule has 174 valence electrons. The van der Waals surface area contributed by atoms with E-state index in [2.05, 4.69) is 20.9 Å². The number of carboxylic acids is 1. The lowest BCUT2D eigenvalue weighted by atomic mass is 10.0. The molecule has 1 aromatic heterocycles. The monoisotopic (exact) mass is 453 g/mol. The van der Waals surface area contributed by atoms with Crippen molar-refractivity contribution >= 4 is 35.2 Å². The Kier molecular flexibility index (Phi) is 7.96. The van der Waals surface area contributed by atoms with Crippen LogP contribution in [0, 0.1) is 5.92 Å². The first-order valence-corrected chi connectivity index (χ1v) is 10.7. The van der Waals surface area contributed by atoms with Gasteiger partial charge in [-0.1, -0.05) is 19.1 Å². The SMILES string of the molecule is CCCNC(=O)Nc1cccc(N2CC(C(=O)NC(CC(=O)O)c3cccnc3)CC2=O)c1. The predicted octanol–water partition coefficient (Wildman–Crippen LogP) is 2.30. The van der Waals surface area contributed by atoms with E-state index >= 15 is 0 Å². The van der Waals surface area contributed by atoms with E-state index in [-0.39, 0.29) is 31.3 Å². The molecule has 2 atom stereocenters. The predicted molar refractivity (Wildman–Crippen MR) is 122 cm³/mol. The van der Waals surface area contributed by atoms with Gasteiger partial charge < -0.3 is 26.0 Å². The Bertz CT molecular complexity index is 1010. The lowest BCUT2D eigenvalue weighted by Crippen LogP contribution is -2.36. The van der Waals surface area contributed by atoms with E-state index in [1.165, 1.54) is 11.1 Å². The van der Waals surface area contributed by atoms with Crippen molar-refractivity contribution in [2.75, 3.05) is 23.3 Å². The highest BCUT2D eigenvalue weighted by atomic mass is 16.4. The maximum atomic E-state index is 12.9. The number of carboxylic acid groups (broad SMARTS) is 1. The first-order valence-electron chi connectivity index (χ1n) is 10.7. The van der Waals surface area contributed by atoms with Crippen LogP contribution in [0.5, 0.6) is 0 Å². The van der Waals surface area contributed by atoms with E-state index in [1.807, 2.05) is 6.92 Å². The summed E-state index contributed by atoms with van der Waals surface area (Å²) < 4.78 is 0. The number of hydrogen-bond acceptors (Lipinski definition) is 5. The summed E-state index contributed by atoms with van der Waals surface area (Å²) >= 11 is 0. The molecule has 0 spiro atoms. The maximum Gasteiger partial charge on any atom is 0.319 e. The molecule has 0 saturated carbocycles.